The zero-order chi connectivity index (χ0) is 22.5. The highest BCUT2D eigenvalue weighted by Crippen LogP contribution is 2.36. The maximum Gasteiger partial charge on any atom is 0.412 e. The fourth-order valence-corrected chi connectivity index (χ4v) is 4.86. The molecule has 1 saturated heterocycles. The van der Waals surface area contributed by atoms with E-state index in [1.54, 1.807) is 0 Å². The van der Waals surface area contributed by atoms with E-state index in [1.165, 1.54) is 6.42 Å². The van der Waals surface area contributed by atoms with Crippen molar-refractivity contribution in [1.82, 2.24) is 10.9 Å². The van der Waals surface area contributed by atoms with Gasteiger partial charge in [-0.15, -0.1) is 0 Å². The standard InChI is InChI=1S/C25H32N4O3/c1-29(2)23-13-12-18(14-21-19-10-6-7-11-20(19)24(30)28-27-21)15-22(23)26-25(31)32-16-17-8-4-3-5-9-17/h3-5,8-9,12-13,15,19-21,27H,6-7,10-11,14,16H2,1-2H3,(H,26,31)(H,28,30). The number of amides is 2. The lowest BCUT2D eigenvalue weighted by Crippen LogP contribution is -2.60. The van der Waals surface area contributed by atoms with Crippen LogP contribution in [0.3, 0.4) is 0 Å². The average Bonchev–Trinajstić information content (AvgIpc) is 2.80. The zero-order valence-electron chi connectivity index (χ0n) is 18.8. The smallest absolute Gasteiger partial charge is 0.412 e. The molecule has 2 fully saturated rings. The predicted octanol–water partition coefficient (Wildman–Crippen LogP) is 3.85. The summed E-state index contributed by atoms with van der Waals surface area (Å²) < 4.78 is 5.41. The summed E-state index contributed by atoms with van der Waals surface area (Å²) in [6, 6.07) is 15.9. The molecule has 3 unspecified atom stereocenters. The van der Waals surface area contributed by atoms with Crippen molar-refractivity contribution in [3.63, 3.8) is 0 Å². The number of hydrogen-bond donors (Lipinski definition) is 3. The first-order valence-electron chi connectivity index (χ1n) is 11.3. The second-order valence-electron chi connectivity index (χ2n) is 8.93. The molecule has 2 aliphatic rings. The van der Waals surface area contributed by atoms with Crippen LogP contribution in [0.4, 0.5) is 16.2 Å². The fourth-order valence-electron chi connectivity index (χ4n) is 4.86. The Labute approximate surface area is 189 Å². The number of benzene rings is 2. The summed E-state index contributed by atoms with van der Waals surface area (Å²) in [6.07, 6.45) is 4.63. The highest BCUT2D eigenvalue weighted by atomic mass is 16.5. The molecule has 2 aromatic rings. The number of nitrogens with one attached hydrogen (secondary N) is 3. The van der Waals surface area contributed by atoms with Gasteiger partial charge in [-0.1, -0.05) is 49.2 Å². The molecule has 0 aromatic heterocycles. The number of rotatable bonds is 6. The Morgan fingerprint density at radius 3 is 2.66 bits per heavy atom. The van der Waals surface area contributed by atoms with Gasteiger partial charge in [-0.25, -0.2) is 10.2 Å². The lowest BCUT2D eigenvalue weighted by molar-refractivity contribution is -0.133. The molecular formula is C25H32N4O3. The Morgan fingerprint density at radius 1 is 1.09 bits per heavy atom. The molecule has 3 N–H and O–H groups in total. The maximum absolute atomic E-state index is 12.5. The third-order valence-corrected chi connectivity index (χ3v) is 6.50. The Balaban J connectivity index is 1.45. The monoisotopic (exact) mass is 436 g/mol. The van der Waals surface area contributed by atoms with Crippen LogP contribution in [0.15, 0.2) is 48.5 Å². The molecule has 1 aliphatic heterocycles. The van der Waals surface area contributed by atoms with Crippen LogP contribution in [-0.2, 0) is 22.6 Å². The SMILES string of the molecule is CN(C)c1ccc(CC2NNC(=O)C3CCCCC23)cc1NC(=O)OCc1ccccc1. The van der Waals surface area contributed by atoms with Gasteiger partial charge in [0.05, 0.1) is 11.4 Å². The first-order valence-corrected chi connectivity index (χ1v) is 11.3. The quantitative estimate of drug-likeness (QED) is 0.641. The summed E-state index contributed by atoms with van der Waals surface area (Å²) in [5, 5.41) is 2.91. The van der Waals surface area contributed by atoms with Gasteiger partial charge in [0.2, 0.25) is 5.91 Å². The largest absolute Gasteiger partial charge is 0.444 e. The van der Waals surface area contributed by atoms with E-state index in [0.29, 0.717) is 11.6 Å². The minimum absolute atomic E-state index is 0.0987. The molecule has 2 amide bonds. The second kappa shape index (κ2) is 10.0. The molecule has 0 radical (unpaired) electrons. The number of nitrogens with zero attached hydrogens (tertiary/aromatic N) is 1. The van der Waals surface area contributed by atoms with Crippen LogP contribution >= 0.6 is 0 Å². The summed E-state index contributed by atoms with van der Waals surface area (Å²) >= 11 is 0. The molecular weight excluding hydrogens is 404 g/mol. The van der Waals surface area contributed by atoms with Crippen LogP contribution in [0.1, 0.15) is 36.8 Å². The Hall–Kier alpha value is -3.06. The van der Waals surface area contributed by atoms with Crippen molar-refractivity contribution in [2.75, 3.05) is 24.3 Å². The van der Waals surface area contributed by atoms with Crippen LogP contribution in [0.5, 0.6) is 0 Å². The number of ether oxygens (including phenoxy) is 1. The predicted molar refractivity (Wildman–Crippen MR) is 125 cm³/mol. The van der Waals surface area contributed by atoms with Crippen LogP contribution in [0, 0.1) is 11.8 Å². The zero-order valence-corrected chi connectivity index (χ0v) is 18.8. The molecule has 0 spiro atoms. The van der Waals surface area contributed by atoms with Gasteiger partial charge >= 0.3 is 6.09 Å². The van der Waals surface area contributed by atoms with Crippen molar-refractivity contribution in [2.24, 2.45) is 11.8 Å². The van der Waals surface area contributed by atoms with E-state index >= 15 is 0 Å². The van der Waals surface area contributed by atoms with E-state index in [0.717, 1.165) is 42.5 Å². The van der Waals surface area contributed by atoms with E-state index in [9.17, 15) is 9.59 Å². The summed E-state index contributed by atoms with van der Waals surface area (Å²) in [5.41, 5.74) is 9.77. The first kappa shape index (κ1) is 22.1. The number of anilines is 2. The second-order valence-corrected chi connectivity index (χ2v) is 8.93. The summed E-state index contributed by atoms with van der Waals surface area (Å²) in [5.74, 6) is 0.567. The molecule has 4 rings (SSSR count). The highest BCUT2D eigenvalue weighted by Gasteiger charge is 2.39. The van der Waals surface area contributed by atoms with Gasteiger partial charge in [0.1, 0.15) is 6.61 Å². The topological polar surface area (TPSA) is 82.7 Å². The lowest BCUT2D eigenvalue weighted by atomic mass is 9.72. The summed E-state index contributed by atoms with van der Waals surface area (Å²) in [4.78, 5) is 26.7. The summed E-state index contributed by atoms with van der Waals surface area (Å²) in [7, 11) is 3.89. The molecule has 7 nitrogen and oxygen atoms in total. The van der Waals surface area contributed by atoms with Crippen LogP contribution < -0.4 is 21.1 Å². The number of carbonyl (C=O) groups excluding carboxylic acids is 2. The van der Waals surface area contributed by atoms with E-state index < -0.39 is 6.09 Å². The van der Waals surface area contributed by atoms with Crippen molar-refractivity contribution < 1.29 is 14.3 Å². The van der Waals surface area contributed by atoms with E-state index in [4.69, 9.17) is 4.74 Å². The molecule has 1 saturated carbocycles. The van der Waals surface area contributed by atoms with Crippen LogP contribution in [0.25, 0.3) is 0 Å². The number of fused-ring (bicyclic) bond motifs is 1. The molecule has 170 valence electrons. The van der Waals surface area contributed by atoms with Crippen molar-refractivity contribution in [1.29, 1.82) is 0 Å². The van der Waals surface area contributed by atoms with E-state index in [-0.39, 0.29) is 24.5 Å². The van der Waals surface area contributed by atoms with Gasteiger partial charge in [0.25, 0.3) is 0 Å². The third-order valence-electron chi connectivity index (χ3n) is 6.50. The minimum atomic E-state index is -0.482. The molecule has 3 atom stereocenters. The van der Waals surface area contributed by atoms with Gasteiger partial charge in [-0.05, 0) is 48.4 Å². The Morgan fingerprint density at radius 2 is 1.88 bits per heavy atom. The maximum atomic E-state index is 12.5. The van der Waals surface area contributed by atoms with Crippen molar-refractivity contribution in [2.45, 2.75) is 44.8 Å². The normalized spacial score (nSPS) is 22.4. The molecule has 0 bridgehead atoms. The van der Waals surface area contributed by atoms with E-state index in [2.05, 4.69) is 22.2 Å². The molecule has 7 heteroatoms. The van der Waals surface area contributed by atoms with E-state index in [1.807, 2.05) is 61.5 Å². The molecule has 1 heterocycles. The number of hydrogen-bond acceptors (Lipinski definition) is 5. The van der Waals surface area contributed by atoms with Gasteiger partial charge in [-0.2, -0.15) is 0 Å². The van der Waals surface area contributed by atoms with Crippen molar-refractivity contribution >= 4 is 23.4 Å². The van der Waals surface area contributed by atoms with Gasteiger partial charge in [-0.3, -0.25) is 15.5 Å². The van der Waals surface area contributed by atoms with Crippen LogP contribution in [-0.4, -0.2) is 32.1 Å². The summed E-state index contributed by atoms with van der Waals surface area (Å²) in [6.45, 7) is 0.221. The first-order chi connectivity index (χ1) is 15.5. The number of hydrazine groups is 1. The molecule has 32 heavy (non-hydrogen) atoms. The Kier molecular flexibility index (Phi) is 6.95. The Bertz CT molecular complexity index is 947. The van der Waals surface area contributed by atoms with Crippen molar-refractivity contribution in [3.8, 4) is 0 Å². The molecule has 2 aromatic carbocycles. The minimum Gasteiger partial charge on any atom is -0.444 e. The van der Waals surface area contributed by atoms with Gasteiger partial charge < -0.3 is 9.64 Å². The average molecular weight is 437 g/mol. The van der Waals surface area contributed by atoms with Gasteiger partial charge in [0, 0.05) is 26.1 Å². The molecule has 1 aliphatic carbocycles. The third kappa shape index (κ3) is 5.22. The van der Waals surface area contributed by atoms with Gasteiger partial charge in [0.15, 0.2) is 0 Å². The fraction of sp³-hybridized carbons (Fsp3) is 0.440. The van der Waals surface area contributed by atoms with Crippen molar-refractivity contribution in [3.05, 3.63) is 59.7 Å². The highest BCUT2D eigenvalue weighted by molar-refractivity contribution is 5.90. The number of carbonyl (C=O) groups is 2. The lowest BCUT2D eigenvalue weighted by Gasteiger charge is -2.41. The van der Waals surface area contributed by atoms with Crippen LogP contribution in [0.2, 0.25) is 0 Å².